The number of anilines is 1. The predicted octanol–water partition coefficient (Wildman–Crippen LogP) is 1.13. The lowest BCUT2D eigenvalue weighted by Gasteiger charge is -2.05. The Labute approximate surface area is 109 Å². The van der Waals surface area contributed by atoms with Gasteiger partial charge in [0.25, 0.3) is 0 Å². The summed E-state index contributed by atoms with van der Waals surface area (Å²) in [5.74, 6) is -2.74. The van der Waals surface area contributed by atoms with Gasteiger partial charge in [-0.2, -0.15) is 0 Å². The van der Waals surface area contributed by atoms with E-state index in [4.69, 9.17) is 5.11 Å². The first-order chi connectivity index (χ1) is 9.02. The van der Waals surface area contributed by atoms with Crippen molar-refractivity contribution in [2.75, 3.05) is 12.4 Å². The van der Waals surface area contributed by atoms with Crippen LogP contribution >= 0.6 is 0 Å². The van der Waals surface area contributed by atoms with Gasteiger partial charge in [0.1, 0.15) is 0 Å². The van der Waals surface area contributed by atoms with E-state index in [1.165, 1.54) is 19.2 Å². The fourth-order valence-corrected chi connectivity index (χ4v) is 1.80. The predicted molar refractivity (Wildman–Crippen MR) is 65.6 cm³/mol. The maximum atomic E-state index is 11.7. The Morgan fingerprint density at radius 1 is 1.21 bits per heavy atom. The van der Waals surface area contributed by atoms with E-state index in [2.05, 4.69) is 10.1 Å². The Morgan fingerprint density at radius 3 is 2.32 bits per heavy atom. The van der Waals surface area contributed by atoms with Crippen LogP contribution in [0.25, 0.3) is 0 Å². The van der Waals surface area contributed by atoms with Crippen LogP contribution in [0.4, 0.5) is 5.69 Å². The summed E-state index contributed by atoms with van der Waals surface area (Å²) in [5, 5.41) is 11.4. The lowest BCUT2D eigenvalue weighted by Crippen LogP contribution is -2.16. The number of carboxylic acid groups (broad SMARTS) is 1. The molecule has 1 fully saturated rings. The van der Waals surface area contributed by atoms with Crippen molar-refractivity contribution in [2.24, 2.45) is 11.8 Å². The van der Waals surface area contributed by atoms with Gasteiger partial charge in [0, 0.05) is 5.69 Å². The van der Waals surface area contributed by atoms with Crippen LogP contribution < -0.4 is 5.32 Å². The van der Waals surface area contributed by atoms with E-state index in [0.717, 1.165) is 0 Å². The van der Waals surface area contributed by atoms with E-state index < -0.39 is 23.8 Å². The summed E-state index contributed by atoms with van der Waals surface area (Å²) < 4.78 is 4.55. The third kappa shape index (κ3) is 2.90. The first-order valence-corrected chi connectivity index (χ1v) is 5.75. The van der Waals surface area contributed by atoms with Gasteiger partial charge < -0.3 is 15.2 Å². The first-order valence-electron chi connectivity index (χ1n) is 5.75. The van der Waals surface area contributed by atoms with Gasteiger partial charge in [-0.3, -0.25) is 9.59 Å². The molecule has 0 saturated heterocycles. The Bertz CT molecular complexity index is 522. The van der Waals surface area contributed by atoms with Crippen LogP contribution in [0.3, 0.4) is 0 Å². The number of hydrogen-bond donors (Lipinski definition) is 2. The zero-order valence-corrected chi connectivity index (χ0v) is 10.3. The molecule has 0 spiro atoms. The van der Waals surface area contributed by atoms with Crippen molar-refractivity contribution in [3.05, 3.63) is 29.8 Å². The molecule has 0 bridgehead atoms. The number of methoxy groups -OCH3 is 1. The molecular weight excluding hydrogens is 250 g/mol. The molecule has 1 aromatic carbocycles. The van der Waals surface area contributed by atoms with Crippen LogP contribution in [0.2, 0.25) is 0 Å². The zero-order valence-electron chi connectivity index (χ0n) is 10.3. The van der Waals surface area contributed by atoms with E-state index in [1.54, 1.807) is 12.1 Å². The van der Waals surface area contributed by atoms with Crippen molar-refractivity contribution in [2.45, 2.75) is 6.42 Å². The molecule has 1 aliphatic carbocycles. The van der Waals surface area contributed by atoms with Crippen LogP contribution in [0, 0.1) is 11.8 Å². The number of benzene rings is 1. The number of rotatable bonds is 4. The van der Waals surface area contributed by atoms with Crippen LogP contribution in [-0.2, 0) is 14.3 Å². The van der Waals surface area contributed by atoms with Gasteiger partial charge in [-0.1, -0.05) is 0 Å². The number of nitrogens with one attached hydrogen (secondary N) is 1. The molecule has 0 aliphatic heterocycles. The summed E-state index contributed by atoms with van der Waals surface area (Å²) in [6, 6.07) is 6.21. The highest BCUT2D eigenvalue weighted by Gasteiger charge is 2.48. The van der Waals surface area contributed by atoms with Gasteiger partial charge >= 0.3 is 11.9 Å². The topological polar surface area (TPSA) is 92.7 Å². The summed E-state index contributed by atoms with van der Waals surface area (Å²) in [6.07, 6.45) is 0.376. The summed E-state index contributed by atoms with van der Waals surface area (Å²) in [6.45, 7) is 0. The molecule has 1 amide bonds. The lowest BCUT2D eigenvalue weighted by atomic mass is 10.2. The van der Waals surface area contributed by atoms with Gasteiger partial charge in [-0.15, -0.1) is 0 Å². The van der Waals surface area contributed by atoms with E-state index in [-0.39, 0.29) is 5.91 Å². The van der Waals surface area contributed by atoms with Gasteiger partial charge in [0.05, 0.1) is 24.5 Å². The molecule has 0 radical (unpaired) electrons. The maximum absolute atomic E-state index is 11.7. The third-order valence-electron chi connectivity index (χ3n) is 3.02. The highest BCUT2D eigenvalue weighted by atomic mass is 16.5. The minimum atomic E-state index is -0.943. The Hall–Kier alpha value is -2.37. The van der Waals surface area contributed by atoms with Crippen LogP contribution in [0.1, 0.15) is 16.8 Å². The largest absolute Gasteiger partial charge is 0.481 e. The second kappa shape index (κ2) is 5.09. The lowest BCUT2D eigenvalue weighted by molar-refractivity contribution is -0.139. The fourth-order valence-electron chi connectivity index (χ4n) is 1.80. The van der Waals surface area contributed by atoms with Crippen molar-refractivity contribution in [1.82, 2.24) is 0 Å². The molecule has 1 aromatic rings. The molecule has 0 aromatic heterocycles. The third-order valence-corrected chi connectivity index (χ3v) is 3.02. The van der Waals surface area contributed by atoms with Gasteiger partial charge in [-0.25, -0.2) is 4.79 Å². The highest BCUT2D eigenvalue weighted by molar-refractivity contribution is 5.98. The molecule has 1 saturated carbocycles. The molecule has 2 rings (SSSR count). The minimum Gasteiger partial charge on any atom is -0.481 e. The standard InChI is InChI=1S/C13H13NO5/c1-19-13(18)7-2-4-8(5-3-7)14-11(15)9-6-10(9)12(16)17/h2-5,9-10H,6H2,1H3,(H,14,15)(H,16,17). The Kier molecular flexibility index (Phi) is 3.50. The average molecular weight is 263 g/mol. The van der Waals surface area contributed by atoms with Crippen molar-refractivity contribution in [3.63, 3.8) is 0 Å². The summed E-state index contributed by atoms with van der Waals surface area (Å²) >= 11 is 0. The summed E-state index contributed by atoms with van der Waals surface area (Å²) in [4.78, 5) is 33.6. The quantitative estimate of drug-likeness (QED) is 0.794. The number of carbonyl (C=O) groups is 3. The van der Waals surface area contributed by atoms with Crippen LogP contribution in [0.5, 0.6) is 0 Å². The summed E-state index contributed by atoms with van der Waals surface area (Å²) in [7, 11) is 1.29. The van der Waals surface area contributed by atoms with E-state index in [0.29, 0.717) is 17.7 Å². The number of esters is 1. The van der Waals surface area contributed by atoms with Gasteiger partial charge in [-0.05, 0) is 30.7 Å². The SMILES string of the molecule is COC(=O)c1ccc(NC(=O)C2CC2C(=O)O)cc1. The number of carbonyl (C=O) groups excluding carboxylic acids is 2. The molecule has 2 atom stereocenters. The van der Waals surface area contributed by atoms with Crippen molar-refractivity contribution in [1.29, 1.82) is 0 Å². The van der Waals surface area contributed by atoms with Crippen LogP contribution in [0.15, 0.2) is 24.3 Å². The Morgan fingerprint density at radius 2 is 1.84 bits per heavy atom. The zero-order chi connectivity index (χ0) is 14.0. The normalized spacial score (nSPS) is 20.5. The van der Waals surface area contributed by atoms with E-state index >= 15 is 0 Å². The van der Waals surface area contributed by atoms with Crippen molar-refractivity contribution < 1.29 is 24.2 Å². The fraction of sp³-hybridized carbons (Fsp3) is 0.308. The van der Waals surface area contributed by atoms with E-state index in [9.17, 15) is 14.4 Å². The molecule has 6 nitrogen and oxygen atoms in total. The number of aliphatic carboxylic acids is 1. The maximum Gasteiger partial charge on any atom is 0.337 e. The molecule has 2 N–H and O–H groups in total. The number of amides is 1. The Balaban J connectivity index is 1.95. The monoisotopic (exact) mass is 263 g/mol. The smallest absolute Gasteiger partial charge is 0.337 e. The molecule has 2 unspecified atom stereocenters. The molecule has 19 heavy (non-hydrogen) atoms. The number of ether oxygens (including phenoxy) is 1. The van der Waals surface area contributed by atoms with Crippen molar-refractivity contribution >= 4 is 23.5 Å². The summed E-state index contributed by atoms with van der Waals surface area (Å²) in [5.41, 5.74) is 0.907. The van der Waals surface area contributed by atoms with Crippen molar-refractivity contribution in [3.8, 4) is 0 Å². The highest BCUT2D eigenvalue weighted by Crippen LogP contribution is 2.39. The van der Waals surface area contributed by atoms with E-state index in [1.807, 2.05) is 0 Å². The second-order valence-electron chi connectivity index (χ2n) is 4.35. The number of carboxylic acids is 1. The number of hydrogen-bond acceptors (Lipinski definition) is 4. The van der Waals surface area contributed by atoms with Crippen LogP contribution in [-0.4, -0.2) is 30.1 Å². The molecule has 100 valence electrons. The average Bonchev–Trinajstić information content (AvgIpc) is 3.19. The molecule has 1 aliphatic rings. The first kappa shape index (κ1) is 13.1. The molecule has 6 heteroatoms. The molecular formula is C13H13NO5. The van der Waals surface area contributed by atoms with Gasteiger partial charge in [0.15, 0.2) is 0 Å². The van der Waals surface area contributed by atoms with Gasteiger partial charge in [0.2, 0.25) is 5.91 Å². The minimum absolute atomic E-state index is 0.307. The second-order valence-corrected chi connectivity index (χ2v) is 4.35. The molecule has 0 heterocycles.